The zero-order chi connectivity index (χ0) is 14.2. The van der Waals surface area contributed by atoms with Gasteiger partial charge in [0.15, 0.2) is 0 Å². The van der Waals surface area contributed by atoms with Crippen LogP contribution in [0.1, 0.15) is 32.1 Å². The van der Waals surface area contributed by atoms with E-state index in [-0.39, 0.29) is 5.82 Å². The molecule has 2 N–H and O–H groups in total. The predicted molar refractivity (Wildman–Crippen MR) is 82.1 cm³/mol. The summed E-state index contributed by atoms with van der Waals surface area (Å²) < 4.78 is 13.3. The van der Waals surface area contributed by atoms with E-state index in [2.05, 4.69) is 20.2 Å². The van der Waals surface area contributed by atoms with E-state index in [1.165, 1.54) is 44.2 Å². The predicted octanol–water partition coefficient (Wildman–Crippen LogP) is 2.81. The highest BCUT2D eigenvalue weighted by molar-refractivity contribution is 5.77. The van der Waals surface area contributed by atoms with Crippen molar-refractivity contribution >= 4 is 17.0 Å². The first kappa shape index (κ1) is 13.1. The van der Waals surface area contributed by atoms with Crippen LogP contribution in [-0.2, 0) is 0 Å². The highest BCUT2D eigenvalue weighted by Gasteiger charge is 2.33. The van der Waals surface area contributed by atoms with Crippen molar-refractivity contribution in [3.8, 4) is 0 Å². The Kier molecular flexibility index (Phi) is 3.30. The number of H-pyrrole nitrogens is 1. The molecule has 2 fully saturated rings. The van der Waals surface area contributed by atoms with Crippen molar-refractivity contribution in [2.45, 2.75) is 44.2 Å². The van der Waals surface area contributed by atoms with Crippen LogP contribution in [0.3, 0.4) is 0 Å². The van der Waals surface area contributed by atoms with Crippen LogP contribution < -0.4 is 10.2 Å². The molecule has 0 bridgehead atoms. The average molecular weight is 288 g/mol. The fraction of sp³-hybridized carbons (Fsp3) is 0.562. The number of nitrogens with one attached hydrogen (secondary N) is 2. The molecule has 112 valence electrons. The lowest BCUT2D eigenvalue weighted by Gasteiger charge is -2.39. The number of piperidine rings is 1. The van der Waals surface area contributed by atoms with Gasteiger partial charge in [0, 0.05) is 18.6 Å². The van der Waals surface area contributed by atoms with Crippen molar-refractivity contribution in [3.63, 3.8) is 0 Å². The van der Waals surface area contributed by atoms with Gasteiger partial charge in [0.2, 0.25) is 5.95 Å². The molecular formula is C16H21FN4. The van der Waals surface area contributed by atoms with Crippen LogP contribution in [0.15, 0.2) is 18.2 Å². The largest absolute Gasteiger partial charge is 0.338 e. The van der Waals surface area contributed by atoms with Gasteiger partial charge in [0.1, 0.15) is 5.82 Å². The molecule has 2 aliphatic heterocycles. The number of hydrogen-bond donors (Lipinski definition) is 2. The van der Waals surface area contributed by atoms with Crippen LogP contribution >= 0.6 is 0 Å². The van der Waals surface area contributed by atoms with E-state index in [0.717, 1.165) is 30.1 Å². The van der Waals surface area contributed by atoms with E-state index in [1.54, 1.807) is 6.07 Å². The molecule has 5 heteroatoms. The van der Waals surface area contributed by atoms with Gasteiger partial charge in [0.25, 0.3) is 0 Å². The normalized spacial score (nSPS) is 26.6. The summed E-state index contributed by atoms with van der Waals surface area (Å²) in [5, 5.41) is 3.63. The molecule has 2 aromatic rings. The Bertz CT molecular complexity index is 632. The Morgan fingerprint density at radius 2 is 2.14 bits per heavy atom. The van der Waals surface area contributed by atoms with E-state index in [4.69, 9.17) is 0 Å². The van der Waals surface area contributed by atoms with Gasteiger partial charge < -0.3 is 15.2 Å². The Morgan fingerprint density at radius 3 is 3.00 bits per heavy atom. The second-order valence-corrected chi connectivity index (χ2v) is 6.18. The topological polar surface area (TPSA) is 44.0 Å². The molecule has 0 saturated carbocycles. The van der Waals surface area contributed by atoms with Gasteiger partial charge in [-0.2, -0.15) is 0 Å². The van der Waals surface area contributed by atoms with Crippen LogP contribution in [0.2, 0.25) is 0 Å². The Morgan fingerprint density at radius 1 is 1.19 bits per heavy atom. The second-order valence-electron chi connectivity index (χ2n) is 6.18. The summed E-state index contributed by atoms with van der Waals surface area (Å²) in [6.45, 7) is 2.16. The molecule has 1 aromatic carbocycles. The van der Waals surface area contributed by atoms with E-state index in [0.29, 0.717) is 12.1 Å². The minimum absolute atomic E-state index is 0.217. The smallest absolute Gasteiger partial charge is 0.204 e. The third kappa shape index (κ3) is 2.39. The molecule has 4 rings (SSSR count). The van der Waals surface area contributed by atoms with Gasteiger partial charge in [-0.25, -0.2) is 9.37 Å². The molecule has 21 heavy (non-hydrogen) atoms. The first-order chi connectivity index (χ1) is 10.3. The quantitative estimate of drug-likeness (QED) is 0.893. The zero-order valence-corrected chi connectivity index (χ0v) is 12.1. The molecule has 1 aromatic heterocycles. The molecule has 0 radical (unpaired) electrons. The highest BCUT2D eigenvalue weighted by Crippen LogP contribution is 2.29. The Hall–Kier alpha value is -1.62. The van der Waals surface area contributed by atoms with E-state index >= 15 is 0 Å². The lowest BCUT2D eigenvalue weighted by Crippen LogP contribution is -2.50. The molecule has 0 spiro atoms. The zero-order valence-electron chi connectivity index (χ0n) is 12.1. The summed E-state index contributed by atoms with van der Waals surface area (Å²) in [7, 11) is 0. The number of fused-ring (bicyclic) bond motifs is 1. The SMILES string of the molecule is Fc1ccc2nc(N3CCCCC3C3CCCN3)[nH]c2c1. The number of benzene rings is 1. The first-order valence-corrected chi connectivity index (χ1v) is 7.96. The van der Waals surface area contributed by atoms with E-state index < -0.39 is 0 Å². The number of aromatic amines is 1. The maximum Gasteiger partial charge on any atom is 0.204 e. The lowest BCUT2D eigenvalue weighted by atomic mass is 9.95. The summed E-state index contributed by atoms with van der Waals surface area (Å²) >= 11 is 0. The molecule has 4 nitrogen and oxygen atoms in total. The number of halogens is 1. The number of anilines is 1. The standard InChI is InChI=1S/C16H21FN4/c17-11-6-7-12-14(10-11)20-16(19-12)21-9-2-1-5-15(21)13-4-3-8-18-13/h6-7,10,13,15,18H,1-5,8-9H2,(H,19,20). The molecule has 2 atom stereocenters. The molecule has 2 saturated heterocycles. The number of nitrogens with zero attached hydrogens (tertiary/aromatic N) is 2. The van der Waals surface area contributed by atoms with Gasteiger partial charge in [-0.3, -0.25) is 0 Å². The van der Waals surface area contributed by atoms with Gasteiger partial charge in [-0.1, -0.05) is 0 Å². The molecular weight excluding hydrogens is 267 g/mol. The minimum Gasteiger partial charge on any atom is -0.338 e. The van der Waals surface area contributed by atoms with E-state index in [9.17, 15) is 4.39 Å². The molecule has 0 aliphatic carbocycles. The average Bonchev–Trinajstić information content (AvgIpc) is 3.16. The van der Waals surface area contributed by atoms with Gasteiger partial charge >= 0.3 is 0 Å². The highest BCUT2D eigenvalue weighted by atomic mass is 19.1. The lowest BCUT2D eigenvalue weighted by molar-refractivity contribution is 0.374. The summed E-state index contributed by atoms with van der Waals surface area (Å²) in [6.07, 6.45) is 6.21. The van der Waals surface area contributed by atoms with Crippen molar-refractivity contribution in [2.24, 2.45) is 0 Å². The van der Waals surface area contributed by atoms with Gasteiger partial charge in [0.05, 0.1) is 11.0 Å². The molecule has 0 amide bonds. The number of rotatable bonds is 2. The van der Waals surface area contributed by atoms with Crippen LogP contribution in [0.25, 0.3) is 11.0 Å². The van der Waals surface area contributed by atoms with Crippen LogP contribution in [-0.4, -0.2) is 35.1 Å². The van der Waals surface area contributed by atoms with Crippen molar-refractivity contribution in [1.29, 1.82) is 0 Å². The number of hydrogen-bond acceptors (Lipinski definition) is 3. The maximum atomic E-state index is 13.3. The van der Waals surface area contributed by atoms with Crippen molar-refractivity contribution in [1.82, 2.24) is 15.3 Å². The third-order valence-electron chi connectivity index (χ3n) is 4.82. The fourth-order valence-electron chi connectivity index (χ4n) is 3.78. The van der Waals surface area contributed by atoms with E-state index in [1.807, 2.05) is 0 Å². The Labute approximate surface area is 123 Å². The third-order valence-corrected chi connectivity index (χ3v) is 4.82. The second kappa shape index (κ2) is 5.30. The fourth-order valence-corrected chi connectivity index (χ4v) is 3.78. The van der Waals surface area contributed by atoms with Crippen molar-refractivity contribution in [2.75, 3.05) is 18.0 Å². The van der Waals surface area contributed by atoms with Gasteiger partial charge in [-0.05, 0) is 56.8 Å². The summed E-state index contributed by atoms with van der Waals surface area (Å²) in [5.41, 5.74) is 1.63. The van der Waals surface area contributed by atoms with Crippen LogP contribution in [0.4, 0.5) is 10.3 Å². The maximum absolute atomic E-state index is 13.3. The van der Waals surface area contributed by atoms with Crippen LogP contribution in [0.5, 0.6) is 0 Å². The summed E-state index contributed by atoms with van der Waals surface area (Å²) in [6, 6.07) is 5.82. The first-order valence-electron chi connectivity index (χ1n) is 7.96. The molecule has 3 heterocycles. The number of aromatic nitrogens is 2. The molecule has 2 aliphatic rings. The van der Waals surface area contributed by atoms with Crippen molar-refractivity contribution in [3.05, 3.63) is 24.0 Å². The summed E-state index contributed by atoms with van der Waals surface area (Å²) in [5.74, 6) is 0.680. The van der Waals surface area contributed by atoms with Crippen molar-refractivity contribution < 1.29 is 4.39 Å². The molecule has 2 unspecified atom stereocenters. The van der Waals surface area contributed by atoms with Gasteiger partial charge in [-0.15, -0.1) is 0 Å². The minimum atomic E-state index is -0.217. The Balaban J connectivity index is 1.67. The number of imidazole rings is 1. The summed E-state index contributed by atoms with van der Waals surface area (Å²) in [4.78, 5) is 10.4. The monoisotopic (exact) mass is 288 g/mol. The van der Waals surface area contributed by atoms with Crippen LogP contribution in [0, 0.1) is 5.82 Å².